The average molecular weight is 343 g/mol. The summed E-state index contributed by atoms with van der Waals surface area (Å²) >= 11 is 5.98. The minimum atomic E-state index is -3.52. The summed E-state index contributed by atoms with van der Waals surface area (Å²) in [5.74, 6) is 0. The van der Waals surface area contributed by atoms with Crippen molar-refractivity contribution in [3.8, 4) is 0 Å². The monoisotopic (exact) mass is 342 g/mol. The Kier molecular flexibility index (Phi) is 4.05. The van der Waals surface area contributed by atoms with Gasteiger partial charge in [0.2, 0.25) is 10.0 Å². The molecule has 0 bridgehead atoms. The van der Waals surface area contributed by atoms with E-state index in [0.717, 1.165) is 32.4 Å². The average Bonchev–Trinajstić information content (AvgIpc) is 2.71. The summed E-state index contributed by atoms with van der Waals surface area (Å²) in [5.41, 5.74) is -0.251. The van der Waals surface area contributed by atoms with Gasteiger partial charge < -0.3 is 5.32 Å². The fourth-order valence-corrected chi connectivity index (χ4v) is 6.23. The second kappa shape index (κ2) is 5.48. The summed E-state index contributed by atoms with van der Waals surface area (Å²) in [6.07, 6.45) is 3.00. The van der Waals surface area contributed by atoms with Crippen molar-refractivity contribution in [2.45, 2.75) is 43.5 Å². The summed E-state index contributed by atoms with van der Waals surface area (Å²) in [6.45, 7) is 6.62. The van der Waals surface area contributed by atoms with E-state index in [9.17, 15) is 8.42 Å². The van der Waals surface area contributed by atoms with Crippen molar-refractivity contribution in [1.82, 2.24) is 9.62 Å². The SMILES string of the molecule is CC1(C)CC2(CCNCC2)CN1S(=O)(=O)c1cccc(Cl)c1. The van der Waals surface area contributed by atoms with E-state index in [4.69, 9.17) is 11.6 Å². The molecule has 0 unspecified atom stereocenters. The molecule has 0 aliphatic carbocycles. The third-order valence-electron chi connectivity index (χ3n) is 5.01. The van der Waals surface area contributed by atoms with Crippen LogP contribution in [0, 0.1) is 5.41 Å². The highest BCUT2D eigenvalue weighted by Crippen LogP contribution is 2.48. The fraction of sp³-hybridized carbons (Fsp3) is 0.625. The Bertz CT molecular complexity index is 666. The van der Waals surface area contributed by atoms with E-state index in [0.29, 0.717) is 16.5 Å². The number of hydrogen-bond donors (Lipinski definition) is 1. The molecule has 6 heteroatoms. The lowest BCUT2D eigenvalue weighted by molar-refractivity contribution is 0.215. The van der Waals surface area contributed by atoms with Gasteiger partial charge in [0.15, 0.2) is 0 Å². The van der Waals surface area contributed by atoms with Gasteiger partial charge in [0.25, 0.3) is 0 Å². The Morgan fingerprint density at radius 3 is 2.55 bits per heavy atom. The molecule has 0 radical (unpaired) electrons. The van der Waals surface area contributed by atoms with Crippen LogP contribution in [0.4, 0.5) is 0 Å². The summed E-state index contributed by atoms with van der Waals surface area (Å²) in [4.78, 5) is 0.291. The highest BCUT2D eigenvalue weighted by Gasteiger charge is 2.53. The van der Waals surface area contributed by atoms with Crippen LogP contribution in [0.25, 0.3) is 0 Å². The third-order valence-corrected chi connectivity index (χ3v) is 7.30. The normalized spacial score (nSPS) is 24.7. The molecule has 0 atom stereocenters. The zero-order valence-corrected chi connectivity index (χ0v) is 14.7. The molecule has 1 aromatic rings. The molecule has 4 nitrogen and oxygen atoms in total. The fourth-order valence-electron chi connectivity index (χ4n) is 4.04. The van der Waals surface area contributed by atoms with E-state index in [2.05, 4.69) is 5.32 Å². The molecular weight excluding hydrogens is 320 g/mol. The van der Waals surface area contributed by atoms with E-state index >= 15 is 0 Å². The Morgan fingerprint density at radius 2 is 1.91 bits per heavy atom. The smallest absolute Gasteiger partial charge is 0.243 e. The van der Waals surface area contributed by atoms with Crippen LogP contribution in [-0.2, 0) is 10.0 Å². The van der Waals surface area contributed by atoms with Gasteiger partial charge in [-0.05, 0) is 69.8 Å². The zero-order valence-electron chi connectivity index (χ0n) is 13.1. The van der Waals surface area contributed by atoms with Crippen molar-refractivity contribution < 1.29 is 8.42 Å². The van der Waals surface area contributed by atoms with Crippen LogP contribution in [0.5, 0.6) is 0 Å². The standard InChI is InChI=1S/C16H23ClN2O2S/c1-15(2)11-16(6-8-18-9-7-16)12-19(15)22(20,21)14-5-3-4-13(17)10-14/h3-5,10,18H,6-9,11-12H2,1-2H3. The minimum absolute atomic E-state index is 0.112. The molecule has 0 amide bonds. The van der Waals surface area contributed by atoms with Crippen LogP contribution in [-0.4, -0.2) is 37.9 Å². The summed E-state index contributed by atoms with van der Waals surface area (Å²) in [5, 5.41) is 3.82. The first kappa shape index (κ1) is 16.2. The maximum atomic E-state index is 13.1. The van der Waals surface area contributed by atoms with Crippen molar-refractivity contribution in [3.63, 3.8) is 0 Å². The maximum Gasteiger partial charge on any atom is 0.243 e. The van der Waals surface area contributed by atoms with Crippen molar-refractivity contribution >= 4 is 21.6 Å². The number of benzene rings is 1. The second-order valence-electron chi connectivity index (χ2n) is 7.21. The van der Waals surface area contributed by atoms with Gasteiger partial charge in [-0.25, -0.2) is 8.42 Å². The lowest BCUT2D eigenvalue weighted by Crippen LogP contribution is -2.43. The molecule has 1 N–H and O–H groups in total. The predicted molar refractivity (Wildman–Crippen MR) is 88.6 cm³/mol. The Labute approximate surface area is 137 Å². The number of hydrogen-bond acceptors (Lipinski definition) is 3. The molecule has 1 spiro atoms. The first-order valence-electron chi connectivity index (χ1n) is 7.75. The van der Waals surface area contributed by atoms with E-state index in [1.807, 2.05) is 13.8 Å². The Morgan fingerprint density at radius 1 is 1.23 bits per heavy atom. The number of rotatable bonds is 2. The van der Waals surface area contributed by atoms with Crippen molar-refractivity contribution in [2.24, 2.45) is 5.41 Å². The van der Waals surface area contributed by atoms with Crippen LogP contribution >= 0.6 is 11.6 Å². The number of sulfonamides is 1. The van der Waals surface area contributed by atoms with Gasteiger partial charge in [0.05, 0.1) is 4.90 Å². The van der Waals surface area contributed by atoms with Crippen LogP contribution in [0.2, 0.25) is 5.02 Å². The Hall–Kier alpha value is -0.620. The van der Waals surface area contributed by atoms with Crippen molar-refractivity contribution in [3.05, 3.63) is 29.3 Å². The lowest BCUT2D eigenvalue weighted by atomic mass is 9.75. The first-order valence-corrected chi connectivity index (χ1v) is 9.56. The number of piperidine rings is 1. The topological polar surface area (TPSA) is 49.4 Å². The van der Waals surface area contributed by atoms with E-state index < -0.39 is 10.0 Å². The van der Waals surface area contributed by atoms with Gasteiger partial charge in [0.1, 0.15) is 0 Å². The van der Waals surface area contributed by atoms with Gasteiger partial charge in [0, 0.05) is 17.1 Å². The van der Waals surface area contributed by atoms with Crippen LogP contribution in [0.15, 0.2) is 29.2 Å². The zero-order chi connectivity index (χ0) is 16.0. The summed E-state index contributed by atoms with van der Waals surface area (Å²) in [7, 11) is -3.52. The van der Waals surface area contributed by atoms with Crippen molar-refractivity contribution in [1.29, 1.82) is 0 Å². The van der Waals surface area contributed by atoms with Crippen LogP contribution < -0.4 is 5.32 Å². The summed E-state index contributed by atoms with van der Waals surface area (Å²) in [6, 6.07) is 6.56. The van der Waals surface area contributed by atoms with Gasteiger partial charge in [-0.3, -0.25) is 0 Å². The molecule has 22 heavy (non-hydrogen) atoms. The maximum absolute atomic E-state index is 13.1. The molecule has 3 rings (SSSR count). The molecule has 0 saturated carbocycles. The molecule has 2 heterocycles. The summed E-state index contributed by atoms with van der Waals surface area (Å²) < 4.78 is 27.9. The highest BCUT2D eigenvalue weighted by molar-refractivity contribution is 7.89. The van der Waals surface area contributed by atoms with Gasteiger partial charge in [-0.2, -0.15) is 4.31 Å². The van der Waals surface area contributed by atoms with E-state index in [1.165, 1.54) is 0 Å². The number of nitrogens with zero attached hydrogens (tertiary/aromatic N) is 1. The number of nitrogens with one attached hydrogen (secondary N) is 1. The minimum Gasteiger partial charge on any atom is -0.317 e. The quantitative estimate of drug-likeness (QED) is 0.899. The van der Waals surface area contributed by atoms with Crippen molar-refractivity contribution in [2.75, 3.05) is 19.6 Å². The highest BCUT2D eigenvalue weighted by atomic mass is 35.5. The molecule has 1 aromatic carbocycles. The largest absolute Gasteiger partial charge is 0.317 e. The van der Waals surface area contributed by atoms with Crippen LogP contribution in [0.1, 0.15) is 33.1 Å². The molecule has 122 valence electrons. The Balaban J connectivity index is 1.96. The molecule has 2 aliphatic rings. The molecule has 2 fully saturated rings. The van der Waals surface area contributed by atoms with Gasteiger partial charge in [-0.1, -0.05) is 17.7 Å². The third kappa shape index (κ3) is 2.80. The second-order valence-corrected chi connectivity index (χ2v) is 9.51. The molecule has 2 saturated heterocycles. The molecular formula is C16H23ClN2O2S. The van der Waals surface area contributed by atoms with E-state index in [-0.39, 0.29) is 11.0 Å². The first-order chi connectivity index (χ1) is 10.3. The van der Waals surface area contributed by atoms with Gasteiger partial charge in [-0.15, -0.1) is 0 Å². The van der Waals surface area contributed by atoms with E-state index in [1.54, 1.807) is 28.6 Å². The number of halogens is 1. The molecule has 2 aliphatic heterocycles. The van der Waals surface area contributed by atoms with Crippen LogP contribution in [0.3, 0.4) is 0 Å². The lowest BCUT2D eigenvalue weighted by Gasteiger charge is -2.33. The van der Waals surface area contributed by atoms with Gasteiger partial charge >= 0.3 is 0 Å². The molecule has 0 aromatic heterocycles. The predicted octanol–water partition coefficient (Wildman–Crippen LogP) is 2.88.